The van der Waals surface area contributed by atoms with Crippen molar-refractivity contribution in [1.29, 1.82) is 0 Å². The Labute approximate surface area is 135 Å². The van der Waals surface area contributed by atoms with Gasteiger partial charge in [0.25, 0.3) is 0 Å². The van der Waals surface area contributed by atoms with Crippen molar-refractivity contribution in [2.24, 2.45) is 0 Å². The zero-order valence-corrected chi connectivity index (χ0v) is 13.9. The minimum Gasteiger partial charge on any atom is -0.493 e. The summed E-state index contributed by atoms with van der Waals surface area (Å²) in [6, 6.07) is 6.95. The van der Waals surface area contributed by atoms with Gasteiger partial charge in [-0.2, -0.15) is 4.31 Å². The number of ether oxygens (including phenoxy) is 1. The lowest BCUT2D eigenvalue weighted by Crippen LogP contribution is -2.50. The zero-order chi connectivity index (χ0) is 16.2. The van der Waals surface area contributed by atoms with Crippen molar-refractivity contribution in [2.75, 3.05) is 39.0 Å². The largest absolute Gasteiger partial charge is 0.493 e. The van der Waals surface area contributed by atoms with E-state index in [9.17, 15) is 13.2 Å². The van der Waals surface area contributed by atoms with E-state index in [4.69, 9.17) is 16.3 Å². The van der Waals surface area contributed by atoms with Gasteiger partial charge in [0.05, 0.1) is 19.3 Å². The van der Waals surface area contributed by atoms with Crippen molar-refractivity contribution in [3.05, 3.63) is 29.3 Å². The number of carbonyl (C=O) groups excluding carboxylic acids is 1. The minimum atomic E-state index is -3.17. The Kier molecular flexibility index (Phi) is 5.66. The number of amides is 1. The molecule has 0 bridgehead atoms. The quantitative estimate of drug-likeness (QED) is 0.803. The summed E-state index contributed by atoms with van der Waals surface area (Å²) in [6.45, 7) is 1.83. The molecule has 1 aliphatic rings. The van der Waals surface area contributed by atoms with Gasteiger partial charge in [-0.25, -0.2) is 8.42 Å². The molecule has 1 aromatic carbocycles. The summed E-state index contributed by atoms with van der Waals surface area (Å²) in [5, 5.41) is 0.632. The summed E-state index contributed by atoms with van der Waals surface area (Å²) in [7, 11) is -3.17. The highest BCUT2D eigenvalue weighted by atomic mass is 35.5. The SMILES string of the molecule is CS(=O)(=O)N1CCN(C(=O)CCOc2ccc(Cl)cc2)CC1. The predicted molar refractivity (Wildman–Crippen MR) is 84.6 cm³/mol. The molecule has 0 spiro atoms. The summed E-state index contributed by atoms with van der Waals surface area (Å²) >= 11 is 5.78. The molecule has 8 heteroatoms. The van der Waals surface area contributed by atoms with Crippen LogP contribution in [0.2, 0.25) is 5.02 Å². The number of hydrogen-bond acceptors (Lipinski definition) is 4. The van der Waals surface area contributed by atoms with Crippen molar-refractivity contribution >= 4 is 27.5 Å². The molecule has 0 aromatic heterocycles. The van der Waals surface area contributed by atoms with E-state index in [0.29, 0.717) is 37.0 Å². The van der Waals surface area contributed by atoms with Crippen LogP contribution in [0.1, 0.15) is 6.42 Å². The second-order valence-electron chi connectivity index (χ2n) is 5.10. The first-order valence-electron chi connectivity index (χ1n) is 6.97. The highest BCUT2D eigenvalue weighted by Gasteiger charge is 2.25. The third kappa shape index (κ3) is 4.86. The molecular formula is C14H19ClN2O4S. The first-order chi connectivity index (χ1) is 10.4. The molecule has 0 N–H and O–H groups in total. The Bertz CT molecular complexity index is 610. The maximum Gasteiger partial charge on any atom is 0.226 e. The van der Waals surface area contributed by atoms with E-state index in [1.54, 1.807) is 29.2 Å². The van der Waals surface area contributed by atoms with Crippen molar-refractivity contribution in [3.63, 3.8) is 0 Å². The van der Waals surface area contributed by atoms with Gasteiger partial charge in [0.15, 0.2) is 0 Å². The maximum atomic E-state index is 12.1. The van der Waals surface area contributed by atoms with Gasteiger partial charge in [-0.05, 0) is 24.3 Å². The Morgan fingerprint density at radius 3 is 2.32 bits per heavy atom. The monoisotopic (exact) mass is 346 g/mol. The van der Waals surface area contributed by atoms with Crippen molar-refractivity contribution in [3.8, 4) is 5.75 Å². The van der Waals surface area contributed by atoms with E-state index in [-0.39, 0.29) is 18.9 Å². The highest BCUT2D eigenvalue weighted by molar-refractivity contribution is 7.88. The standard InChI is InChI=1S/C14H19ClN2O4S/c1-22(19,20)17-9-7-16(8-10-17)14(18)6-11-21-13-4-2-12(15)3-5-13/h2-5H,6-11H2,1H3. The van der Waals surface area contributed by atoms with Gasteiger partial charge in [0.1, 0.15) is 5.75 Å². The molecule has 0 saturated carbocycles. The molecule has 2 rings (SSSR count). The number of carbonyl (C=O) groups is 1. The number of benzene rings is 1. The Morgan fingerprint density at radius 1 is 1.18 bits per heavy atom. The zero-order valence-electron chi connectivity index (χ0n) is 12.4. The second kappa shape index (κ2) is 7.30. The second-order valence-corrected chi connectivity index (χ2v) is 7.51. The molecule has 1 fully saturated rings. The minimum absolute atomic E-state index is 0.0258. The first kappa shape index (κ1) is 17.1. The van der Waals surface area contributed by atoms with E-state index in [2.05, 4.69) is 0 Å². The van der Waals surface area contributed by atoms with Gasteiger partial charge in [-0.1, -0.05) is 11.6 Å². The molecule has 6 nitrogen and oxygen atoms in total. The van der Waals surface area contributed by atoms with Gasteiger partial charge in [-0.15, -0.1) is 0 Å². The maximum absolute atomic E-state index is 12.1. The fourth-order valence-electron chi connectivity index (χ4n) is 2.21. The summed E-state index contributed by atoms with van der Waals surface area (Å²) in [5.41, 5.74) is 0. The van der Waals surface area contributed by atoms with Crippen LogP contribution >= 0.6 is 11.6 Å². The molecule has 0 atom stereocenters. The van der Waals surface area contributed by atoms with E-state index in [1.165, 1.54) is 10.6 Å². The highest BCUT2D eigenvalue weighted by Crippen LogP contribution is 2.16. The van der Waals surface area contributed by atoms with Crippen molar-refractivity contribution in [1.82, 2.24) is 9.21 Å². The average molecular weight is 347 g/mol. The number of piperazine rings is 1. The molecule has 0 radical (unpaired) electrons. The summed E-state index contributed by atoms with van der Waals surface area (Å²) in [6.07, 6.45) is 1.45. The van der Waals surface area contributed by atoms with Crippen LogP contribution in [0.25, 0.3) is 0 Å². The number of nitrogens with zero attached hydrogens (tertiary/aromatic N) is 2. The first-order valence-corrected chi connectivity index (χ1v) is 9.20. The lowest BCUT2D eigenvalue weighted by Gasteiger charge is -2.33. The van der Waals surface area contributed by atoms with Crippen LogP contribution in [-0.2, 0) is 14.8 Å². The van der Waals surface area contributed by atoms with Crippen molar-refractivity contribution in [2.45, 2.75) is 6.42 Å². The number of sulfonamides is 1. The van der Waals surface area contributed by atoms with E-state index < -0.39 is 10.0 Å². The van der Waals surface area contributed by atoms with Crippen LogP contribution in [-0.4, -0.2) is 62.6 Å². The van der Waals surface area contributed by atoms with Gasteiger partial charge in [0.2, 0.25) is 15.9 Å². The number of halogens is 1. The molecule has 1 saturated heterocycles. The lowest BCUT2D eigenvalue weighted by atomic mass is 10.3. The Morgan fingerprint density at radius 2 is 1.77 bits per heavy atom. The molecule has 0 aliphatic carbocycles. The van der Waals surface area contributed by atoms with Gasteiger partial charge < -0.3 is 9.64 Å². The Hall–Kier alpha value is -1.31. The van der Waals surface area contributed by atoms with Crippen LogP contribution in [0.3, 0.4) is 0 Å². The van der Waals surface area contributed by atoms with Gasteiger partial charge >= 0.3 is 0 Å². The van der Waals surface area contributed by atoms with E-state index in [0.717, 1.165) is 0 Å². The van der Waals surface area contributed by atoms with Gasteiger partial charge in [-0.3, -0.25) is 4.79 Å². The normalized spacial score (nSPS) is 16.5. The smallest absolute Gasteiger partial charge is 0.226 e. The average Bonchev–Trinajstić information content (AvgIpc) is 2.48. The molecule has 122 valence electrons. The van der Waals surface area contributed by atoms with E-state index in [1.807, 2.05) is 0 Å². The third-order valence-electron chi connectivity index (χ3n) is 3.46. The predicted octanol–water partition coefficient (Wildman–Crippen LogP) is 1.21. The number of rotatable bonds is 5. The third-order valence-corrected chi connectivity index (χ3v) is 5.01. The molecule has 1 aliphatic heterocycles. The fraction of sp³-hybridized carbons (Fsp3) is 0.500. The summed E-state index contributed by atoms with van der Waals surface area (Å²) in [5.74, 6) is 0.640. The van der Waals surface area contributed by atoms with Crippen LogP contribution in [0.5, 0.6) is 5.75 Å². The Balaban J connectivity index is 1.73. The molecule has 22 heavy (non-hydrogen) atoms. The van der Waals surface area contributed by atoms with Crippen molar-refractivity contribution < 1.29 is 17.9 Å². The van der Waals surface area contributed by atoms with E-state index >= 15 is 0 Å². The summed E-state index contributed by atoms with van der Waals surface area (Å²) < 4.78 is 29.7. The van der Waals surface area contributed by atoms with Crippen LogP contribution in [0.4, 0.5) is 0 Å². The van der Waals surface area contributed by atoms with Crippen LogP contribution in [0.15, 0.2) is 24.3 Å². The lowest BCUT2D eigenvalue weighted by molar-refractivity contribution is -0.132. The molecule has 1 heterocycles. The molecule has 1 amide bonds. The molecular weight excluding hydrogens is 328 g/mol. The topological polar surface area (TPSA) is 66.9 Å². The summed E-state index contributed by atoms with van der Waals surface area (Å²) in [4.78, 5) is 13.7. The molecule has 0 unspecified atom stereocenters. The molecule has 1 aromatic rings. The van der Waals surface area contributed by atoms with Crippen LogP contribution < -0.4 is 4.74 Å². The van der Waals surface area contributed by atoms with Gasteiger partial charge in [0, 0.05) is 31.2 Å². The van der Waals surface area contributed by atoms with Crippen LogP contribution in [0, 0.1) is 0 Å². The fourth-order valence-corrected chi connectivity index (χ4v) is 3.17. The number of hydrogen-bond donors (Lipinski definition) is 0.